The van der Waals surface area contributed by atoms with Crippen molar-refractivity contribution in [3.05, 3.63) is 48.3 Å². The summed E-state index contributed by atoms with van der Waals surface area (Å²) in [7, 11) is -3.10. The molecule has 2 aromatic rings. The third-order valence-electron chi connectivity index (χ3n) is 4.82. The Morgan fingerprint density at radius 1 is 1.16 bits per heavy atom. The van der Waals surface area contributed by atoms with Crippen molar-refractivity contribution in [2.75, 3.05) is 18.8 Å². The maximum atomic E-state index is 12.3. The molecule has 0 spiro atoms. The summed E-state index contributed by atoms with van der Waals surface area (Å²) in [6.45, 7) is 3.98. The second kappa shape index (κ2) is 8.10. The number of rotatable bonds is 7. The van der Waals surface area contributed by atoms with Gasteiger partial charge in [0.2, 0.25) is 10.0 Å². The standard InChI is InChI=1S/C18H26N4O2S/c1-2-3-14-25(23,24)22-11-6-17(7-12-22)18-20-10-13-21(18)15-16-4-8-19-9-5-16/h4-5,8-10,13,17H,2-3,6-7,11-12,14-15H2,1H3. The van der Waals surface area contributed by atoms with E-state index in [9.17, 15) is 8.42 Å². The topological polar surface area (TPSA) is 68.1 Å². The average Bonchev–Trinajstić information content (AvgIpc) is 3.09. The minimum atomic E-state index is -3.10. The van der Waals surface area contributed by atoms with Crippen LogP contribution in [0.25, 0.3) is 0 Å². The lowest BCUT2D eigenvalue weighted by atomic mass is 9.97. The largest absolute Gasteiger partial charge is 0.330 e. The van der Waals surface area contributed by atoms with Crippen molar-refractivity contribution in [3.63, 3.8) is 0 Å². The highest BCUT2D eigenvalue weighted by Crippen LogP contribution is 2.28. The molecule has 0 bridgehead atoms. The second-order valence-electron chi connectivity index (χ2n) is 6.61. The number of hydrogen-bond acceptors (Lipinski definition) is 4. The molecule has 1 aliphatic rings. The zero-order valence-electron chi connectivity index (χ0n) is 14.7. The number of piperidine rings is 1. The molecule has 7 heteroatoms. The quantitative estimate of drug-likeness (QED) is 0.759. The van der Waals surface area contributed by atoms with Crippen LogP contribution in [-0.2, 0) is 16.6 Å². The van der Waals surface area contributed by atoms with Gasteiger partial charge in [0.25, 0.3) is 0 Å². The van der Waals surface area contributed by atoms with E-state index in [4.69, 9.17) is 0 Å². The highest BCUT2D eigenvalue weighted by atomic mass is 32.2. The number of imidazole rings is 1. The SMILES string of the molecule is CCCCS(=O)(=O)N1CCC(c2nccn2Cc2ccncc2)CC1. The van der Waals surface area contributed by atoms with E-state index in [1.165, 1.54) is 5.56 Å². The van der Waals surface area contributed by atoms with E-state index in [-0.39, 0.29) is 5.75 Å². The number of aromatic nitrogens is 3. The van der Waals surface area contributed by atoms with E-state index in [1.54, 1.807) is 16.7 Å². The molecular weight excluding hydrogens is 336 g/mol. The summed E-state index contributed by atoms with van der Waals surface area (Å²) < 4.78 is 28.5. The van der Waals surface area contributed by atoms with Crippen LogP contribution in [0.1, 0.15) is 49.9 Å². The van der Waals surface area contributed by atoms with Gasteiger partial charge in [0.05, 0.1) is 5.75 Å². The minimum absolute atomic E-state index is 0.269. The van der Waals surface area contributed by atoms with Crippen molar-refractivity contribution in [2.24, 2.45) is 0 Å². The Labute approximate surface area is 150 Å². The first-order chi connectivity index (χ1) is 12.1. The Balaban J connectivity index is 1.63. The highest BCUT2D eigenvalue weighted by Gasteiger charge is 2.29. The van der Waals surface area contributed by atoms with Crippen LogP contribution in [0.15, 0.2) is 36.9 Å². The smallest absolute Gasteiger partial charge is 0.214 e. The van der Waals surface area contributed by atoms with Crippen molar-refractivity contribution in [1.29, 1.82) is 0 Å². The number of unbranched alkanes of at least 4 members (excludes halogenated alkanes) is 1. The van der Waals surface area contributed by atoms with Gasteiger partial charge in [0, 0.05) is 50.3 Å². The molecule has 6 nitrogen and oxygen atoms in total. The van der Waals surface area contributed by atoms with Crippen LogP contribution < -0.4 is 0 Å². The monoisotopic (exact) mass is 362 g/mol. The Morgan fingerprint density at radius 2 is 1.88 bits per heavy atom. The molecule has 136 valence electrons. The fourth-order valence-electron chi connectivity index (χ4n) is 3.35. The first-order valence-electron chi connectivity index (χ1n) is 8.98. The van der Waals surface area contributed by atoms with Crippen LogP contribution in [0, 0.1) is 0 Å². The van der Waals surface area contributed by atoms with Crippen LogP contribution >= 0.6 is 0 Å². The molecule has 0 amide bonds. The molecule has 3 heterocycles. The zero-order chi connectivity index (χ0) is 17.7. The van der Waals surface area contributed by atoms with E-state index in [1.807, 2.05) is 31.5 Å². The summed E-state index contributed by atoms with van der Waals surface area (Å²) in [6.07, 6.45) is 10.7. The van der Waals surface area contributed by atoms with Crippen molar-refractivity contribution in [3.8, 4) is 0 Å². The molecule has 25 heavy (non-hydrogen) atoms. The molecular formula is C18H26N4O2S. The second-order valence-corrected chi connectivity index (χ2v) is 8.70. The van der Waals surface area contributed by atoms with E-state index in [2.05, 4.69) is 14.5 Å². The lowest BCUT2D eigenvalue weighted by molar-refractivity contribution is 0.310. The third kappa shape index (κ3) is 4.46. The molecule has 0 unspecified atom stereocenters. The summed E-state index contributed by atoms with van der Waals surface area (Å²) in [5.41, 5.74) is 1.19. The predicted molar refractivity (Wildman–Crippen MR) is 97.8 cm³/mol. The lowest BCUT2D eigenvalue weighted by Crippen LogP contribution is -2.39. The van der Waals surface area contributed by atoms with Gasteiger partial charge >= 0.3 is 0 Å². The maximum absolute atomic E-state index is 12.3. The molecule has 0 atom stereocenters. The summed E-state index contributed by atoms with van der Waals surface area (Å²) in [5, 5.41) is 0. The van der Waals surface area contributed by atoms with Gasteiger partial charge in [-0.3, -0.25) is 4.98 Å². The number of sulfonamides is 1. The zero-order valence-corrected chi connectivity index (χ0v) is 15.5. The van der Waals surface area contributed by atoms with Crippen LogP contribution in [0.4, 0.5) is 0 Å². The van der Waals surface area contributed by atoms with Gasteiger partial charge in [-0.15, -0.1) is 0 Å². The van der Waals surface area contributed by atoms with Gasteiger partial charge in [-0.05, 0) is 37.0 Å². The molecule has 0 aromatic carbocycles. The first kappa shape index (κ1) is 18.1. The number of nitrogens with zero attached hydrogens (tertiary/aromatic N) is 4. The van der Waals surface area contributed by atoms with Gasteiger partial charge < -0.3 is 4.57 Å². The molecule has 0 N–H and O–H groups in total. The Kier molecular flexibility index (Phi) is 5.86. The number of pyridine rings is 1. The fourth-order valence-corrected chi connectivity index (χ4v) is 5.03. The molecule has 1 fully saturated rings. The minimum Gasteiger partial charge on any atom is -0.330 e. The molecule has 2 aromatic heterocycles. The van der Waals surface area contributed by atoms with Gasteiger partial charge in [-0.25, -0.2) is 17.7 Å². The van der Waals surface area contributed by atoms with Crippen LogP contribution in [-0.4, -0.2) is 46.1 Å². The maximum Gasteiger partial charge on any atom is 0.214 e. The summed E-state index contributed by atoms with van der Waals surface area (Å²) in [6, 6.07) is 4.01. The van der Waals surface area contributed by atoms with Crippen molar-refractivity contribution < 1.29 is 8.42 Å². The highest BCUT2D eigenvalue weighted by molar-refractivity contribution is 7.89. The average molecular weight is 362 g/mol. The van der Waals surface area contributed by atoms with Gasteiger partial charge in [-0.1, -0.05) is 13.3 Å². The molecule has 0 radical (unpaired) electrons. The van der Waals surface area contributed by atoms with E-state index < -0.39 is 10.0 Å². The van der Waals surface area contributed by atoms with Crippen molar-refractivity contribution in [1.82, 2.24) is 18.8 Å². The molecule has 3 rings (SSSR count). The van der Waals surface area contributed by atoms with Crippen molar-refractivity contribution in [2.45, 2.75) is 45.1 Å². The van der Waals surface area contributed by atoms with Gasteiger partial charge in [0.15, 0.2) is 0 Å². The van der Waals surface area contributed by atoms with Crippen LogP contribution in [0.3, 0.4) is 0 Å². The third-order valence-corrected chi connectivity index (χ3v) is 6.77. The molecule has 0 aliphatic carbocycles. The van der Waals surface area contributed by atoms with Gasteiger partial charge in [0.1, 0.15) is 5.82 Å². The van der Waals surface area contributed by atoms with E-state index in [0.29, 0.717) is 19.0 Å². The fraction of sp³-hybridized carbons (Fsp3) is 0.556. The predicted octanol–water partition coefficient (Wildman–Crippen LogP) is 2.64. The molecule has 0 saturated carbocycles. The van der Waals surface area contributed by atoms with E-state index in [0.717, 1.165) is 38.1 Å². The van der Waals surface area contributed by atoms with Crippen LogP contribution in [0.5, 0.6) is 0 Å². The number of hydrogen-bond donors (Lipinski definition) is 0. The Hall–Kier alpha value is -1.73. The van der Waals surface area contributed by atoms with Crippen LogP contribution in [0.2, 0.25) is 0 Å². The Morgan fingerprint density at radius 3 is 2.56 bits per heavy atom. The van der Waals surface area contributed by atoms with Crippen molar-refractivity contribution >= 4 is 10.0 Å². The Bertz CT molecular complexity index is 765. The molecule has 1 saturated heterocycles. The lowest BCUT2D eigenvalue weighted by Gasteiger charge is -2.31. The van der Waals surface area contributed by atoms with Gasteiger partial charge in [-0.2, -0.15) is 0 Å². The summed E-state index contributed by atoms with van der Waals surface area (Å²) in [4.78, 5) is 8.60. The molecule has 1 aliphatic heterocycles. The summed E-state index contributed by atoms with van der Waals surface area (Å²) >= 11 is 0. The normalized spacial score (nSPS) is 17.0. The van der Waals surface area contributed by atoms with E-state index >= 15 is 0 Å². The first-order valence-corrected chi connectivity index (χ1v) is 10.6. The summed E-state index contributed by atoms with van der Waals surface area (Å²) in [5.74, 6) is 1.64.